The molecule has 0 unspecified atom stereocenters. The van der Waals surface area contributed by atoms with Crippen LogP contribution in [0.2, 0.25) is 0 Å². The van der Waals surface area contributed by atoms with E-state index < -0.39 is 5.41 Å². The molecule has 2 aromatic heterocycles. The maximum Gasteiger partial charge on any atom is 0.159 e. The Hall–Kier alpha value is -9.64. The van der Waals surface area contributed by atoms with Crippen molar-refractivity contribution in [2.45, 2.75) is 44.9 Å². The summed E-state index contributed by atoms with van der Waals surface area (Å²) in [6.07, 6.45) is 0. The van der Waals surface area contributed by atoms with Crippen LogP contribution in [0.4, 0.5) is 34.1 Å². The lowest BCUT2D eigenvalue weighted by atomic mass is 9.67. The summed E-state index contributed by atoms with van der Waals surface area (Å²) >= 11 is 0. The van der Waals surface area contributed by atoms with Gasteiger partial charge in [0.1, 0.15) is 11.2 Å². The van der Waals surface area contributed by atoms with E-state index in [9.17, 15) is 0 Å². The second-order valence-corrected chi connectivity index (χ2v) is 22.2. The molecule has 0 saturated carbocycles. The highest BCUT2D eigenvalue weighted by molar-refractivity contribution is 6.15. The van der Waals surface area contributed by atoms with Crippen LogP contribution in [-0.2, 0) is 5.41 Å². The number of hydrogen-bond donors (Lipinski definition) is 0. The SMILES string of the molecule is CC(C)c1cc2c(c3ccc(N(c4ccccc4)c4cccc5c4oc4ccccc45)cc13)C1(c3ccccc3-c3ccccc31)c1c-2cc(C(C)C)c2cc(N(c3ccccc3)c3cccc4c3oc3ccccc34)ccc12. The summed E-state index contributed by atoms with van der Waals surface area (Å²) in [5.41, 5.74) is 22.4. The molecule has 14 aromatic rings. The minimum Gasteiger partial charge on any atom is -0.454 e. The van der Waals surface area contributed by atoms with E-state index >= 15 is 0 Å². The largest absolute Gasteiger partial charge is 0.454 e. The molecule has 0 bridgehead atoms. The molecule has 376 valence electrons. The van der Waals surface area contributed by atoms with Crippen molar-refractivity contribution in [1.82, 2.24) is 0 Å². The summed E-state index contributed by atoms with van der Waals surface area (Å²) in [5, 5.41) is 9.49. The van der Waals surface area contributed by atoms with Crippen molar-refractivity contribution in [3.05, 3.63) is 276 Å². The highest BCUT2D eigenvalue weighted by Gasteiger charge is 2.54. The van der Waals surface area contributed by atoms with Crippen molar-refractivity contribution < 1.29 is 8.83 Å². The van der Waals surface area contributed by atoms with E-state index in [-0.39, 0.29) is 11.8 Å². The Balaban J connectivity index is 0.982. The quantitative estimate of drug-likeness (QED) is 0.152. The Morgan fingerprint density at radius 3 is 1.14 bits per heavy atom. The average Bonchev–Trinajstić information content (AvgIpc) is 2.01. The van der Waals surface area contributed by atoms with Gasteiger partial charge in [-0.15, -0.1) is 0 Å². The number of furan rings is 2. The third kappa shape index (κ3) is 6.43. The van der Waals surface area contributed by atoms with Crippen molar-refractivity contribution in [2.24, 2.45) is 0 Å². The molecule has 1 spiro atoms. The molecule has 0 fully saturated rings. The van der Waals surface area contributed by atoms with Gasteiger partial charge in [-0.2, -0.15) is 0 Å². The van der Waals surface area contributed by atoms with Gasteiger partial charge in [-0.3, -0.25) is 0 Å². The molecule has 0 saturated heterocycles. The summed E-state index contributed by atoms with van der Waals surface area (Å²) in [5.74, 6) is 0.450. The van der Waals surface area contributed by atoms with E-state index in [1.807, 2.05) is 0 Å². The maximum atomic E-state index is 6.79. The van der Waals surface area contributed by atoms with E-state index in [1.54, 1.807) is 0 Å². The molecule has 2 aliphatic rings. The van der Waals surface area contributed by atoms with Crippen LogP contribution < -0.4 is 9.80 Å². The van der Waals surface area contributed by atoms with Gasteiger partial charge in [0, 0.05) is 44.3 Å². The van der Waals surface area contributed by atoms with Gasteiger partial charge in [-0.05, 0) is 174 Å². The number of anilines is 6. The Labute approximate surface area is 459 Å². The van der Waals surface area contributed by atoms with Crippen molar-refractivity contribution in [3.63, 3.8) is 0 Å². The molecule has 0 radical (unpaired) electrons. The third-order valence-corrected chi connectivity index (χ3v) is 17.3. The molecular formula is C75H54N2O2. The van der Waals surface area contributed by atoms with Crippen LogP contribution in [0.15, 0.2) is 251 Å². The van der Waals surface area contributed by atoms with Crippen LogP contribution in [-0.4, -0.2) is 0 Å². The Bertz CT molecular complexity index is 4500. The van der Waals surface area contributed by atoms with Gasteiger partial charge in [0.25, 0.3) is 0 Å². The Kier molecular flexibility index (Phi) is 9.91. The summed E-state index contributed by atoms with van der Waals surface area (Å²) < 4.78 is 13.6. The van der Waals surface area contributed by atoms with E-state index in [2.05, 4.69) is 280 Å². The number of hydrogen-bond acceptors (Lipinski definition) is 4. The molecule has 0 atom stereocenters. The minimum absolute atomic E-state index is 0.225. The number of fused-ring (bicyclic) bond motifs is 20. The van der Waals surface area contributed by atoms with Crippen LogP contribution in [0.1, 0.15) is 72.9 Å². The van der Waals surface area contributed by atoms with Crippen molar-refractivity contribution in [1.29, 1.82) is 0 Å². The molecule has 16 rings (SSSR count). The van der Waals surface area contributed by atoms with Crippen molar-refractivity contribution in [2.75, 3.05) is 9.80 Å². The zero-order chi connectivity index (χ0) is 52.7. The predicted octanol–water partition coefficient (Wildman–Crippen LogP) is 21.3. The Morgan fingerprint density at radius 2 is 0.696 bits per heavy atom. The smallest absolute Gasteiger partial charge is 0.159 e. The number of nitrogens with zero attached hydrogens (tertiary/aromatic N) is 2. The molecule has 79 heavy (non-hydrogen) atoms. The molecule has 0 aliphatic heterocycles. The molecule has 0 amide bonds. The topological polar surface area (TPSA) is 32.8 Å². The fraction of sp³-hybridized carbons (Fsp3) is 0.0933. The molecule has 0 N–H and O–H groups in total. The first-order valence-electron chi connectivity index (χ1n) is 27.8. The average molecular weight is 1020 g/mol. The standard InChI is InChI=1S/C75H54N2O2/c1-45(2)59-43-63-64-44-60(46(3)4)62-42-50(77(48-23-9-6-10-24-48)68-34-20-30-58-54-28-14-18-36-70(54)79-74(58)68)38-40-56(62)72(64)75(65-31-15-11-25-51(65)52-26-12-16-32-66(52)75)71(63)55-39-37-49(41-61(55)59)76(47-21-7-5-8-22-47)67-33-19-29-57-53-27-13-17-35-69(53)78-73(57)67/h5-46H,1-4H3. The molecule has 2 aliphatic carbocycles. The molecule has 4 heteroatoms. The van der Waals surface area contributed by atoms with E-state index in [1.165, 1.54) is 77.2 Å². The first kappa shape index (κ1) is 45.5. The van der Waals surface area contributed by atoms with Crippen LogP contribution in [0.5, 0.6) is 0 Å². The highest BCUT2D eigenvalue weighted by atomic mass is 16.3. The highest BCUT2D eigenvalue weighted by Crippen LogP contribution is 2.67. The fourth-order valence-electron chi connectivity index (χ4n) is 14.1. The normalized spacial score (nSPS) is 13.1. The first-order valence-corrected chi connectivity index (χ1v) is 27.8. The zero-order valence-electron chi connectivity index (χ0n) is 44.5. The van der Waals surface area contributed by atoms with Gasteiger partial charge in [-0.1, -0.05) is 185 Å². The molecule has 12 aromatic carbocycles. The third-order valence-electron chi connectivity index (χ3n) is 17.3. The summed E-state index contributed by atoms with van der Waals surface area (Å²) in [7, 11) is 0. The second kappa shape index (κ2) is 17.2. The molecular weight excluding hydrogens is 961 g/mol. The van der Waals surface area contributed by atoms with Gasteiger partial charge in [0.05, 0.1) is 16.8 Å². The zero-order valence-corrected chi connectivity index (χ0v) is 44.5. The van der Waals surface area contributed by atoms with Gasteiger partial charge < -0.3 is 18.6 Å². The fourth-order valence-corrected chi connectivity index (χ4v) is 14.1. The van der Waals surface area contributed by atoms with Gasteiger partial charge in [-0.25, -0.2) is 0 Å². The summed E-state index contributed by atoms with van der Waals surface area (Å²) in [6.45, 7) is 9.43. The first-order chi connectivity index (χ1) is 38.9. The number of benzene rings is 12. The summed E-state index contributed by atoms with van der Waals surface area (Å²) in [4.78, 5) is 4.78. The Morgan fingerprint density at radius 1 is 0.304 bits per heavy atom. The van der Waals surface area contributed by atoms with Gasteiger partial charge in [0.15, 0.2) is 11.2 Å². The molecule has 2 heterocycles. The minimum atomic E-state index is -0.639. The van der Waals surface area contributed by atoms with Crippen LogP contribution in [0.25, 0.3) is 87.7 Å². The number of rotatable bonds is 8. The lowest BCUT2D eigenvalue weighted by Gasteiger charge is -2.34. The van der Waals surface area contributed by atoms with Crippen molar-refractivity contribution >= 4 is 99.5 Å². The van der Waals surface area contributed by atoms with Crippen molar-refractivity contribution in [3.8, 4) is 22.3 Å². The monoisotopic (exact) mass is 1010 g/mol. The lowest BCUT2D eigenvalue weighted by Crippen LogP contribution is -2.27. The summed E-state index contributed by atoms with van der Waals surface area (Å²) in [6, 6.07) is 89.5. The van der Waals surface area contributed by atoms with E-state index in [0.717, 1.165) is 78.0 Å². The van der Waals surface area contributed by atoms with Gasteiger partial charge >= 0.3 is 0 Å². The van der Waals surface area contributed by atoms with E-state index in [4.69, 9.17) is 8.83 Å². The van der Waals surface area contributed by atoms with Crippen LogP contribution >= 0.6 is 0 Å². The lowest BCUT2D eigenvalue weighted by molar-refractivity contribution is 0.668. The van der Waals surface area contributed by atoms with Gasteiger partial charge in [0.2, 0.25) is 0 Å². The maximum absolute atomic E-state index is 6.79. The van der Waals surface area contributed by atoms with Crippen LogP contribution in [0, 0.1) is 0 Å². The number of para-hydroxylation sites is 6. The second-order valence-electron chi connectivity index (χ2n) is 22.2. The molecule has 4 nitrogen and oxygen atoms in total. The predicted molar refractivity (Wildman–Crippen MR) is 330 cm³/mol. The van der Waals surface area contributed by atoms with Crippen LogP contribution in [0.3, 0.4) is 0 Å². The van der Waals surface area contributed by atoms with E-state index in [0.29, 0.717) is 0 Å².